The largest absolute Gasteiger partial charge is 0.573 e. The summed E-state index contributed by atoms with van der Waals surface area (Å²) in [7, 11) is 0. The maximum Gasteiger partial charge on any atom is 0.573 e. The Kier molecular flexibility index (Phi) is 8.29. The zero-order chi connectivity index (χ0) is 27.4. The van der Waals surface area contributed by atoms with Crippen molar-refractivity contribution >= 4 is 10.8 Å². The molecular formula is C30H25F7O. The monoisotopic (exact) mass is 534 g/mol. The molecule has 0 radical (unpaired) electrons. The van der Waals surface area contributed by atoms with Crippen molar-refractivity contribution in [2.24, 2.45) is 0 Å². The van der Waals surface area contributed by atoms with Crippen molar-refractivity contribution in [2.75, 3.05) is 0 Å². The third kappa shape index (κ3) is 6.29. The predicted octanol–water partition coefficient (Wildman–Crippen LogP) is 10.1. The predicted molar refractivity (Wildman–Crippen MR) is 134 cm³/mol. The van der Waals surface area contributed by atoms with Crippen LogP contribution in [-0.2, 0) is 6.42 Å². The number of ether oxygens (including phenoxy) is 1. The van der Waals surface area contributed by atoms with Crippen molar-refractivity contribution in [1.82, 2.24) is 0 Å². The van der Waals surface area contributed by atoms with Crippen molar-refractivity contribution in [2.45, 2.75) is 51.8 Å². The maximum absolute atomic E-state index is 15.4. The molecular weight excluding hydrogens is 509 g/mol. The minimum Gasteiger partial charge on any atom is -0.403 e. The van der Waals surface area contributed by atoms with Gasteiger partial charge in [0.2, 0.25) is 0 Å². The number of unbranched alkanes of at least 4 members (excludes halogenated alkanes) is 4. The Balaban J connectivity index is 1.61. The van der Waals surface area contributed by atoms with Crippen LogP contribution in [0.2, 0.25) is 0 Å². The van der Waals surface area contributed by atoms with Gasteiger partial charge in [0, 0.05) is 10.9 Å². The smallest absolute Gasteiger partial charge is 0.403 e. The summed E-state index contributed by atoms with van der Waals surface area (Å²) < 4.78 is 100. The van der Waals surface area contributed by atoms with Crippen LogP contribution < -0.4 is 4.74 Å². The fraction of sp³-hybridized carbons (Fsp3) is 0.267. The average Bonchev–Trinajstić information content (AvgIpc) is 2.84. The van der Waals surface area contributed by atoms with Crippen molar-refractivity contribution in [3.8, 4) is 28.0 Å². The molecule has 0 aliphatic carbocycles. The molecule has 8 heteroatoms. The lowest BCUT2D eigenvalue weighted by Gasteiger charge is -2.13. The Morgan fingerprint density at radius 3 is 2.03 bits per heavy atom. The molecule has 0 heterocycles. The molecule has 0 amide bonds. The van der Waals surface area contributed by atoms with E-state index >= 15 is 4.39 Å². The summed E-state index contributed by atoms with van der Waals surface area (Å²) >= 11 is 0. The van der Waals surface area contributed by atoms with E-state index in [-0.39, 0.29) is 16.7 Å². The summed E-state index contributed by atoms with van der Waals surface area (Å²) in [4.78, 5) is 0. The molecule has 0 unspecified atom stereocenters. The van der Waals surface area contributed by atoms with Crippen LogP contribution in [0.5, 0.6) is 5.75 Å². The van der Waals surface area contributed by atoms with Crippen LogP contribution in [0.1, 0.15) is 44.6 Å². The number of rotatable bonds is 9. The van der Waals surface area contributed by atoms with Gasteiger partial charge >= 0.3 is 6.36 Å². The standard InChI is InChI=1S/C30H25F7O/c1-2-3-4-5-6-7-18-8-11-22-19(14-18)9-12-23(29(22)34)21-16-25(32)28(26(33)17-21)20-10-13-27(24(31)15-20)38-30(35,36)37/h8-17H,2-7H2,1H3. The molecule has 4 aromatic carbocycles. The molecule has 38 heavy (non-hydrogen) atoms. The number of hydrogen-bond donors (Lipinski definition) is 0. The van der Waals surface area contributed by atoms with Crippen LogP contribution in [-0.4, -0.2) is 6.36 Å². The molecule has 1 nitrogen and oxygen atoms in total. The van der Waals surface area contributed by atoms with Gasteiger partial charge in [-0.2, -0.15) is 0 Å². The number of alkyl halides is 3. The van der Waals surface area contributed by atoms with E-state index in [0.717, 1.165) is 43.0 Å². The molecule has 0 spiro atoms. The first kappa shape index (κ1) is 27.5. The van der Waals surface area contributed by atoms with E-state index < -0.39 is 40.9 Å². The van der Waals surface area contributed by atoms with Crippen LogP contribution in [0.3, 0.4) is 0 Å². The van der Waals surface area contributed by atoms with E-state index in [1.807, 2.05) is 12.1 Å². The third-order valence-electron chi connectivity index (χ3n) is 6.39. The Morgan fingerprint density at radius 1 is 0.684 bits per heavy atom. The quantitative estimate of drug-likeness (QED) is 0.153. The van der Waals surface area contributed by atoms with Crippen LogP contribution in [0.25, 0.3) is 33.0 Å². The first-order valence-corrected chi connectivity index (χ1v) is 12.3. The van der Waals surface area contributed by atoms with Crippen LogP contribution in [0, 0.1) is 23.3 Å². The van der Waals surface area contributed by atoms with Crippen molar-refractivity contribution in [1.29, 1.82) is 0 Å². The number of benzene rings is 4. The Morgan fingerprint density at radius 2 is 1.37 bits per heavy atom. The van der Waals surface area contributed by atoms with E-state index in [2.05, 4.69) is 11.7 Å². The summed E-state index contributed by atoms with van der Waals surface area (Å²) in [6, 6.07) is 12.4. The molecule has 0 N–H and O–H groups in total. The van der Waals surface area contributed by atoms with Gasteiger partial charge in [-0.25, -0.2) is 17.6 Å². The molecule has 0 bridgehead atoms. The number of hydrogen-bond acceptors (Lipinski definition) is 1. The summed E-state index contributed by atoms with van der Waals surface area (Å²) in [5.74, 6) is -5.45. The highest BCUT2D eigenvalue weighted by molar-refractivity contribution is 5.89. The summed E-state index contributed by atoms with van der Waals surface area (Å²) in [6.45, 7) is 2.16. The van der Waals surface area contributed by atoms with Gasteiger partial charge in [-0.15, -0.1) is 13.2 Å². The third-order valence-corrected chi connectivity index (χ3v) is 6.39. The highest BCUT2D eigenvalue weighted by Crippen LogP contribution is 2.36. The van der Waals surface area contributed by atoms with Crippen LogP contribution >= 0.6 is 0 Å². The number of fused-ring (bicyclic) bond motifs is 1. The first-order chi connectivity index (χ1) is 18.1. The molecule has 4 rings (SSSR count). The molecule has 0 saturated carbocycles. The summed E-state index contributed by atoms with van der Waals surface area (Å²) in [6.07, 6.45) is 1.48. The van der Waals surface area contributed by atoms with Crippen molar-refractivity contribution in [3.63, 3.8) is 0 Å². The fourth-order valence-corrected chi connectivity index (χ4v) is 4.52. The highest BCUT2D eigenvalue weighted by atomic mass is 19.4. The fourth-order valence-electron chi connectivity index (χ4n) is 4.52. The van der Waals surface area contributed by atoms with E-state index in [0.29, 0.717) is 22.9 Å². The Labute approximate surface area is 215 Å². The minimum absolute atomic E-state index is 0.0192. The molecule has 0 saturated heterocycles. The van der Waals surface area contributed by atoms with Gasteiger partial charge in [-0.1, -0.05) is 69.0 Å². The highest BCUT2D eigenvalue weighted by Gasteiger charge is 2.32. The second-order valence-corrected chi connectivity index (χ2v) is 9.15. The first-order valence-electron chi connectivity index (χ1n) is 12.3. The van der Waals surface area contributed by atoms with Crippen LogP contribution in [0.15, 0.2) is 60.7 Å². The SMILES string of the molecule is CCCCCCCc1ccc2c(F)c(-c3cc(F)c(-c4ccc(OC(F)(F)F)c(F)c4)c(F)c3)ccc2c1. The minimum atomic E-state index is -5.12. The zero-order valence-electron chi connectivity index (χ0n) is 20.6. The molecule has 0 aromatic heterocycles. The van der Waals surface area contributed by atoms with Gasteiger partial charge in [0.1, 0.15) is 17.5 Å². The Hall–Kier alpha value is -3.55. The zero-order valence-corrected chi connectivity index (χ0v) is 20.6. The van der Waals surface area contributed by atoms with Crippen molar-refractivity contribution < 1.29 is 35.5 Å². The van der Waals surface area contributed by atoms with Gasteiger partial charge in [-0.3, -0.25) is 0 Å². The molecule has 0 fully saturated rings. The molecule has 0 aliphatic heterocycles. The molecule has 0 aliphatic rings. The lowest BCUT2D eigenvalue weighted by Crippen LogP contribution is -2.17. The molecule has 0 atom stereocenters. The lowest BCUT2D eigenvalue weighted by atomic mass is 9.95. The topological polar surface area (TPSA) is 9.23 Å². The number of aryl methyl sites for hydroxylation is 1. The van der Waals surface area contributed by atoms with Gasteiger partial charge in [-0.05, 0) is 59.2 Å². The number of halogens is 7. The van der Waals surface area contributed by atoms with E-state index in [9.17, 15) is 26.3 Å². The van der Waals surface area contributed by atoms with Crippen molar-refractivity contribution in [3.05, 3.63) is 89.5 Å². The van der Waals surface area contributed by atoms with E-state index in [1.165, 1.54) is 25.3 Å². The average molecular weight is 535 g/mol. The molecule has 4 aromatic rings. The van der Waals surface area contributed by atoms with Crippen LogP contribution in [0.4, 0.5) is 30.7 Å². The summed E-state index contributed by atoms with van der Waals surface area (Å²) in [5.41, 5.74) is 0.00663. The Bertz CT molecular complexity index is 1420. The van der Waals surface area contributed by atoms with Gasteiger partial charge in [0.25, 0.3) is 0 Å². The maximum atomic E-state index is 15.4. The van der Waals surface area contributed by atoms with E-state index in [1.54, 1.807) is 12.1 Å². The summed E-state index contributed by atoms with van der Waals surface area (Å²) in [5, 5.41) is 0.982. The second-order valence-electron chi connectivity index (χ2n) is 9.15. The van der Waals surface area contributed by atoms with Gasteiger partial charge < -0.3 is 4.74 Å². The van der Waals surface area contributed by atoms with E-state index in [4.69, 9.17) is 0 Å². The second kappa shape index (κ2) is 11.5. The van der Waals surface area contributed by atoms with Gasteiger partial charge in [0.15, 0.2) is 11.6 Å². The van der Waals surface area contributed by atoms with Gasteiger partial charge in [0.05, 0.1) is 5.56 Å². The molecule has 200 valence electrons. The lowest BCUT2D eigenvalue weighted by molar-refractivity contribution is -0.275. The normalized spacial score (nSPS) is 11.8.